The molecule has 0 radical (unpaired) electrons. The predicted molar refractivity (Wildman–Crippen MR) is 143 cm³/mol. The number of aliphatic imine (C=N–C) groups is 1. The van der Waals surface area contributed by atoms with Gasteiger partial charge in [-0.3, -0.25) is 9.89 Å². The Morgan fingerprint density at radius 1 is 1.09 bits per heavy atom. The van der Waals surface area contributed by atoms with Crippen LogP contribution in [-0.2, 0) is 6.54 Å². The third-order valence-corrected chi connectivity index (χ3v) is 6.07. The van der Waals surface area contributed by atoms with Gasteiger partial charge >= 0.3 is 0 Å². The van der Waals surface area contributed by atoms with E-state index < -0.39 is 0 Å². The maximum Gasteiger partial charge on any atom is 0.191 e. The second kappa shape index (κ2) is 14.4. The summed E-state index contributed by atoms with van der Waals surface area (Å²) in [5.41, 5.74) is 2.38. The number of anilines is 1. The lowest BCUT2D eigenvalue weighted by Crippen LogP contribution is -2.47. The highest BCUT2D eigenvalue weighted by Crippen LogP contribution is 2.22. The first-order valence-corrected chi connectivity index (χ1v) is 11.7. The summed E-state index contributed by atoms with van der Waals surface area (Å²) in [6.07, 6.45) is 3.26. The van der Waals surface area contributed by atoms with Gasteiger partial charge in [0.1, 0.15) is 0 Å². The van der Waals surface area contributed by atoms with Crippen LogP contribution < -0.4 is 15.5 Å². The van der Waals surface area contributed by atoms with Crippen LogP contribution in [0.1, 0.15) is 50.5 Å². The minimum absolute atomic E-state index is 0. The van der Waals surface area contributed by atoms with Crippen molar-refractivity contribution in [2.75, 3.05) is 51.2 Å². The lowest BCUT2D eigenvalue weighted by molar-refractivity contribution is 0.255. The Balaban J connectivity index is 0.00000363. The van der Waals surface area contributed by atoms with Crippen molar-refractivity contribution in [3.8, 4) is 0 Å². The Kier molecular flexibility index (Phi) is 11.9. The van der Waals surface area contributed by atoms with E-state index in [1.165, 1.54) is 5.69 Å². The van der Waals surface area contributed by atoms with Crippen molar-refractivity contribution < 1.29 is 4.52 Å². The van der Waals surface area contributed by atoms with Crippen molar-refractivity contribution in [3.05, 3.63) is 47.9 Å². The highest BCUT2D eigenvalue weighted by atomic mass is 127. The van der Waals surface area contributed by atoms with E-state index in [4.69, 9.17) is 4.52 Å². The van der Waals surface area contributed by atoms with Crippen molar-refractivity contribution in [1.29, 1.82) is 0 Å². The van der Waals surface area contributed by atoms with Gasteiger partial charge in [-0.15, -0.1) is 24.0 Å². The summed E-state index contributed by atoms with van der Waals surface area (Å²) < 4.78 is 5.48. The van der Waals surface area contributed by atoms with Crippen molar-refractivity contribution in [1.82, 2.24) is 20.7 Å². The molecule has 1 aliphatic rings. The van der Waals surface area contributed by atoms with E-state index in [0.29, 0.717) is 12.5 Å². The standard InChI is InChI=1S/C24H38N6O.HI/c1-4-20(5-2)23-18-22(31-28-23)19-27-24(25-3)26-12-9-13-29-14-16-30(17-15-29)21-10-7-6-8-11-21;/h6-8,10-11,18,20H,4-5,9,12-17,19H2,1-3H3,(H2,25,26,27);1H. The molecule has 1 fully saturated rings. The number of aromatic nitrogens is 1. The molecule has 0 aliphatic carbocycles. The van der Waals surface area contributed by atoms with Crippen LogP contribution in [0.4, 0.5) is 5.69 Å². The molecule has 178 valence electrons. The number of rotatable bonds is 10. The number of benzene rings is 1. The second-order valence-corrected chi connectivity index (χ2v) is 8.10. The number of piperazine rings is 1. The van der Waals surface area contributed by atoms with E-state index in [1.807, 2.05) is 0 Å². The van der Waals surface area contributed by atoms with Crippen molar-refractivity contribution in [2.24, 2.45) is 4.99 Å². The number of halogens is 1. The molecule has 1 aromatic heterocycles. The summed E-state index contributed by atoms with van der Waals surface area (Å²) >= 11 is 0. The average molecular weight is 555 g/mol. The summed E-state index contributed by atoms with van der Waals surface area (Å²) in [4.78, 5) is 9.34. The van der Waals surface area contributed by atoms with Crippen LogP contribution in [-0.4, -0.2) is 62.3 Å². The minimum Gasteiger partial charge on any atom is -0.369 e. The van der Waals surface area contributed by atoms with Crippen molar-refractivity contribution in [2.45, 2.75) is 45.6 Å². The normalized spacial score (nSPS) is 15.0. The van der Waals surface area contributed by atoms with E-state index in [1.54, 1.807) is 7.05 Å². The van der Waals surface area contributed by atoms with E-state index in [2.05, 4.69) is 80.8 Å². The minimum atomic E-state index is 0. The molecule has 8 heteroatoms. The van der Waals surface area contributed by atoms with E-state index >= 15 is 0 Å². The van der Waals surface area contributed by atoms with Gasteiger partial charge in [0.25, 0.3) is 0 Å². The van der Waals surface area contributed by atoms with Crippen LogP contribution in [0.3, 0.4) is 0 Å². The Bertz CT molecular complexity index is 785. The molecule has 0 saturated carbocycles. The predicted octanol–water partition coefficient (Wildman–Crippen LogP) is 4.07. The fraction of sp³-hybridized carbons (Fsp3) is 0.583. The van der Waals surface area contributed by atoms with Crippen LogP contribution in [0.25, 0.3) is 0 Å². The zero-order valence-electron chi connectivity index (χ0n) is 19.7. The molecule has 0 bridgehead atoms. The maximum absolute atomic E-state index is 5.48. The van der Waals surface area contributed by atoms with Crippen LogP contribution in [0, 0.1) is 0 Å². The Morgan fingerprint density at radius 3 is 2.47 bits per heavy atom. The fourth-order valence-corrected chi connectivity index (χ4v) is 4.08. The molecule has 1 aromatic carbocycles. The number of hydrogen-bond donors (Lipinski definition) is 2. The summed E-state index contributed by atoms with van der Waals surface area (Å²) in [5.74, 6) is 2.13. The van der Waals surface area contributed by atoms with Gasteiger partial charge in [-0.25, -0.2) is 0 Å². The lowest BCUT2D eigenvalue weighted by atomic mass is 9.99. The molecule has 3 rings (SSSR count). The summed E-state index contributed by atoms with van der Waals surface area (Å²) in [5, 5.41) is 11.0. The van der Waals surface area contributed by atoms with Gasteiger partial charge in [0.2, 0.25) is 0 Å². The molecule has 2 N–H and O–H groups in total. The van der Waals surface area contributed by atoms with Gasteiger partial charge in [0, 0.05) is 57.4 Å². The smallest absolute Gasteiger partial charge is 0.191 e. The SMILES string of the molecule is CCC(CC)c1cc(CNC(=NC)NCCCN2CCN(c3ccccc3)CC2)on1.I. The number of guanidine groups is 1. The van der Waals surface area contributed by atoms with Crippen LogP contribution in [0.15, 0.2) is 45.9 Å². The van der Waals surface area contributed by atoms with Gasteiger partial charge in [0.05, 0.1) is 12.2 Å². The summed E-state index contributed by atoms with van der Waals surface area (Å²) in [6.45, 7) is 11.4. The van der Waals surface area contributed by atoms with Gasteiger partial charge < -0.3 is 20.1 Å². The zero-order chi connectivity index (χ0) is 21.9. The first-order chi connectivity index (χ1) is 15.2. The lowest BCUT2D eigenvalue weighted by Gasteiger charge is -2.36. The number of hydrogen-bond acceptors (Lipinski definition) is 5. The first-order valence-electron chi connectivity index (χ1n) is 11.7. The maximum atomic E-state index is 5.48. The van der Waals surface area contributed by atoms with Gasteiger partial charge in [-0.1, -0.05) is 37.2 Å². The summed E-state index contributed by atoms with van der Waals surface area (Å²) in [7, 11) is 1.80. The fourth-order valence-electron chi connectivity index (χ4n) is 4.08. The molecule has 0 unspecified atom stereocenters. The van der Waals surface area contributed by atoms with Crippen LogP contribution >= 0.6 is 24.0 Å². The zero-order valence-corrected chi connectivity index (χ0v) is 22.0. The van der Waals surface area contributed by atoms with Gasteiger partial charge in [0.15, 0.2) is 11.7 Å². The van der Waals surface area contributed by atoms with Crippen molar-refractivity contribution in [3.63, 3.8) is 0 Å². The average Bonchev–Trinajstić information content (AvgIpc) is 3.29. The highest BCUT2D eigenvalue weighted by Gasteiger charge is 2.16. The van der Waals surface area contributed by atoms with E-state index in [9.17, 15) is 0 Å². The molecule has 2 heterocycles. The van der Waals surface area contributed by atoms with Crippen LogP contribution in [0.5, 0.6) is 0 Å². The molecular formula is C24H39IN6O. The third kappa shape index (κ3) is 7.95. The largest absolute Gasteiger partial charge is 0.369 e. The number of nitrogens with zero attached hydrogens (tertiary/aromatic N) is 4. The molecule has 2 aromatic rings. The molecule has 0 atom stereocenters. The molecule has 0 amide bonds. The number of para-hydroxylation sites is 1. The quantitative estimate of drug-likeness (QED) is 0.200. The first kappa shape index (κ1) is 26.4. The highest BCUT2D eigenvalue weighted by molar-refractivity contribution is 14.0. The Labute approximate surface area is 210 Å². The molecule has 1 aliphatic heterocycles. The van der Waals surface area contributed by atoms with Crippen LogP contribution in [0.2, 0.25) is 0 Å². The molecular weight excluding hydrogens is 515 g/mol. The topological polar surface area (TPSA) is 68.9 Å². The molecule has 32 heavy (non-hydrogen) atoms. The van der Waals surface area contributed by atoms with E-state index in [0.717, 1.165) is 75.9 Å². The number of nitrogens with one attached hydrogen (secondary N) is 2. The van der Waals surface area contributed by atoms with E-state index in [-0.39, 0.29) is 24.0 Å². The Morgan fingerprint density at radius 2 is 1.81 bits per heavy atom. The second-order valence-electron chi connectivity index (χ2n) is 8.10. The van der Waals surface area contributed by atoms with Gasteiger partial charge in [-0.2, -0.15) is 0 Å². The summed E-state index contributed by atoms with van der Waals surface area (Å²) in [6, 6.07) is 12.8. The monoisotopic (exact) mass is 554 g/mol. The van der Waals surface area contributed by atoms with Crippen molar-refractivity contribution >= 4 is 35.6 Å². The molecule has 0 spiro atoms. The molecule has 7 nitrogen and oxygen atoms in total. The molecule has 1 saturated heterocycles. The Hall–Kier alpha value is -1.81. The van der Waals surface area contributed by atoms with Gasteiger partial charge in [-0.05, 0) is 37.9 Å². The third-order valence-electron chi connectivity index (χ3n) is 6.07.